The lowest BCUT2D eigenvalue weighted by molar-refractivity contribution is -0.121. The predicted molar refractivity (Wildman–Crippen MR) is 99.8 cm³/mol. The Morgan fingerprint density at radius 3 is 2.75 bits per heavy atom. The van der Waals surface area contributed by atoms with E-state index >= 15 is 0 Å². The van der Waals surface area contributed by atoms with E-state index in [1.54, 1.807) is 13.1 Å². The van der Waals surface area contributed by atoms with Crippen LogP contribution in [0.4, 0.5) is 0 Å². The molecule has 7 heteroatoms. The average molecular weight is 371 g/mol. The molecular formula is C17H24Cl2N4O. The smallest absolute Gasteiger partial charge is 0.220 e. The van der Waals surface area contributed by atoms with E-state index in [-0.39, 0.29) is 11.9 Å². The largest absolute Gasteiger partial charge is 0.356 e. The maximum atomic E-state index is 11.6. The summed E-state index contributed by atoms with van der Waals surface area (Å²) in [5.41, 5.74) is 0.952. The van der Waals surface area contributed by atoms with Crippen molar-refractivity contribution in [2.24, 2.45) is 4.99 Å². The summed E-state index contributed by atoms with van der Waals surface area (Å²) in [6.07, 6.45) is 3.52. The van der Waals surface area contributed by atoms with Gasteiger partial charge in [0.15, 0.2) is 5.96 Å². The molecule has 1 aromatic carbocycles. The van der Waals surface area contributed by atoms with E-state index in [4.69, 9.17) is 23.2 Å². The van der Waals surface area contributed by atoms with Crippen LogP contribution in [0.15, 0.2) is 23.2 Å². The van der Waals surface area contributed by atoms with Crippen LogP contribution in [0.1, 0.15) is 44.2 Å². The molecule has 132 valence electrons. The Balaban J connectivity index is 1.73. The molecule has 0 aliphatic heterocycles. The number of aliphatic imine (C=N–C) groups is 1. The van der Waals surface area contributed by atoms with E-state index in [0.717, 1.165) is 24.8 Å². The average Bonchev–Trinajstić information content (AvgIpc) is 3.33. The molecule has 1 aliphatic rings. The highest BCUT2D eigenvalue weighted by atomic mass is 35.5. The van der Waals surface area contributed by atoms with E-state index < -0.39 is 0 Å². The molecule has 0 heterocycles. The second-order valence-electron chi connectivity index (χ2n) is 5.98. The van der Waals surface area contributed by atoms with Crippen LogP contribution >= 0.6 is 23.2 Å². The zero-order chi connectivity index (χ0) is 17.5. The standard InChI is InChI=1S/C17H24Cl2N4O/c1-11(14-8-5-12(18)10-15(14)19)22-17(20-2)21-9-3-4-16(24)23-13-6-7-13/h5,8,10-11,13H,3-4,6-7,9H2,1-2H3,(H,23,24)(H2,20,21,22). The Morgan fingerprint density at radius 1 is 1.38 bits per heavy atom. The number of amides is 1. The molecule has 1 unspecified atom stereocenters. The first kappa shape index (κ1) is 18.9. The van der Waals surface area contributed by atoms with Gasteiger partial charge < -0.3 is 16.0 Å². The lowest BCUT2D eigenvalue weighted by Crippen LogP contribution is -2.39. The minimum atomic E-state index is -0.0147. The highest BCUT2D eigenvalue weighted by Crippen LogP contribution is 2.26. The Morgan fingerprint density at radius 2 is 2.12 bits per heavy atom. The Labute approximate surface area is 153 Å². The molecule has 0 saturated heterocycles. The second-order valence-corrected chi connectivity index (χ2v) is 6.82. The molecule has 1 aromatic rings. The molecule has 5 nitrogen and oxygen atoms in total. The first-order valence-corrected chi connectivity index (χ1v) is 8.96. The Hall–Kier alpha value is -1.46. The van der Waals surface area contributed by atoms with Crippen molar-refractivity contribution in [1.29, 1.82) is 0 Å². The van der Waals surface area contributed by atoms with Crippen molar-refractivity contribution in [3.63, 3.8) is 0 Å². The first-order chi connectivity index (χ1) is 11.5. The number of hydrogen-bond acceptors (Lipinski definition) is 2. The van der Waals surface area contributed by atoms with E-state index in [1.165, 1.54) is 0 Å². The lowest BCUT2D eigenvalue weighted by Gasteiger charge is -2.19. The number of benzene rings is 1. The third kappa shape index (κ3) is 6.21. The van der Waals surface area contributed by atoms with E-state index in [2.05, 4.69) is 20.9 Å². The van der Waals surface area contributed by atoms with Gasteiger partial charge in [0.25, 0.3) is 0 Å². The number of carbonyl (C=O) groups excluding carboxylic acids is 1. The molecular weight excluding hydrogens is 347 g/mol. The lowest BCUT2D eigenvalue weighted by atomic mass is 10.1. The fraction of sp³-hybridized carbons (Fsp3) is 0.529. The van der Waals surface area contributed by atoms with Gasteiger partial charge in [0.2, 0.25) is 5.91 Å². The minimum Gasteiger partial charge on any atom is -0.356 e. The van der Waals surface area contributed by atoms with Crippen LogP contribution in [0.3, 0.4) is 0 Å². The van der Waals surface area contributed by atoms with Crippen molar-refractivity contribution in [3.05, 3.63) is 33.8 Å². The van der Waals surface area contributed by atoms with Crippen LogP contribution in [0.5, 0.6) is 0 Å². The molecule has 1 amide bonds. The van der Waals surface area contributed by atoms with Gasteiger partial charge in [0.1, 0.15) is 0 Å². The highest BCUT2D eigenvalue weighted by Gasteiger charge is 2.22. The van der Waals surface area contributed by atoms with Crippen molar-refractivity contribution in [2.45, 2.75) is 44.7 Å². The van der Waals surface area contributed by atoms with Crippen molar-refractivity contribution < 1.29 is 4.79 Å². The van der Waals surface area contributed by atoms with Crippen LogP contribution < -0.4 is 16.0 Å². The van der Waals surface area contributed by atoms with Crippen molar-refractivity contribution in [1.82, 2.24) is 16.0 Å². The molecule has 0 radical (unpaired) electrons. The van der Waals surface area contributed by atoms with Gasteiger partial charge in [-0.25, -0.2) is 0 Å². The number of nitrogens with zero attached hydrogens (tertiary/aromatic N) is 1. The van der Waals surface area contributed by atoms with Gasteiger partial charge >= 0.3 is 0 Å². The summed E-state index contributed by atoms with van der Waals surface area (Å²) in [7, 11) is 1.71. The van der Waals surface area contributed by atoms with Gasteiger partial charge in [-0.05, 0) is 43.9 Å². The zero-order valence-corrected chi connectivity index (χ0v) is 15.5. The summed E-state index contributed by atoms with van der Waals surface area (Å²) in [6.45, 7) is 2.68. The zero-order valence-electron chi connectivity index (χ0n) is 14.0. The predicted octanol–water partition coefficient (Wildman–Crippen LogP) is 3.28. The monoisotopic (exact) mass is 370 g/mol. The van der Waals surface area contributed by atoms with Gasteiger partial charge in [0.05, 0.1) is 6.04 Å². The summed E-state index contributed by atoms with van der Waals surface area (Å²) in [5, 5.41) is 10.7. The fourth-order valence-corrected chi connectivity index (χ4v) is 2.89. The van der Waals surface area contributed by atoms with Crippen LogP contribution in [0.25, 0.3) is 0 Å². The fourth-order valence-electron chi connectivity index (χ4n) is 2.31. The number of nitrogens with one attached hydrogen (secondary N) is 3. The SMILES string of the molecule is CN=C(NCCCC(=O)NC1CC1)NC(C)c1ccc(Cl)cc1Cl. The van der Waals surface area contributed by atoms with Crippen LogP contribution in [-0.2, 0) is 4.79 Å². The third-order valence-corrected chi connectivity index (χ3v) is 4.38. The molecule has 1 atom stereocenters. The number of halogens is 2. The first-order valence-electron chi connectivity index (χ1n) is 8.21. The molecule has 1 fully saturated rings. The summed E-state index contributed by atoms with van der Waals surface area (Å²) >= 11 is 12.2. The Bertz CT molecular complexity index is 602. The van der Waals surface area contributed by atoms with Gasteiger partial charge in [-0.3, -0.25) is 9.79 Å². The quantitative estimate of drug-likeness (QED) is 0.392. The van der Waals surface area contributed by atoms with Gasteiger partial charge in [-0.2, -0.15) is 0 Å². The van der Waals surface area contributed by atoms with Crippen LogP contribution in [-0.4, -0.2) is 31.5 Å². The van der Waals surface area contributed by atoms with Gasteiger partial charge in [-0.15, -0.1) is 0 Å². The van der Waals surface area contributed by atoms with Gasteiger partial charge in [-0.1, -0.05) is 29.3 Å². The van der Waals surface area contributed by atoms with Crippen molar-refractivity contribution >= 4 is 35.1 Å². The molecule has 0 bridgehead atoms. The molecule has 24 heavy (non-hydrogen) atoms. The van der Waals surface area contributed by atoms with Crippen molar-refractivity contribution in [2.75, 3.05) is 13.6 Å². The van der Waals surface area contributed by atoms with Crippen LogP contribution in [0.2, 0.25) is 10.0 Å². The summed E-state index contributed by atoms with van der Waals surface area (Å²) in [5.74, 6) is 0.805. The molecule has 3 N–H and O–H groups in total. The maximum absolute atomic E-state index is 11.6. The van der Waals surface area contributed by atoms with Crippen LogP contribution in [0, 0.1) is 0 Å². The summed E-state index contributed by atoms with van der Waals surface area (Å²) in [4.78, 5) is 15.8. The molecule has 0 spiro atoms. The van der Waals surface area contributed by atoms with Gasteiger partial charge in [0, 0.05) is 36.1 Å². The minimum absolute atomic E-state index is 0.0147. The summed E-state index contributed by atoms with van der Waals surface area (Å²) < 4.78 is 0. The maximum Gasteiger partial charge on any atom is 0.220 e. The molecule has 2 rings (SSSR count). The second kappa shape index (κ2) is 9.14. The highest BCUT2D eigenvalue weighted by molar-refractivity contribution is 6.35. The third-order valence-electron chi connectivity index (χ3n) is 3.82. The number of guanidine groups is 1. The van der Waals surface area contributed by atoms with E-state index in [0.29, 0.717) is 35.0 Å². The van der Waals surface area contributed by atoms with E-state index in [1.807, 2.05) is 19.1 Å². The van der Waals surface area contributed by atoms with Crippen molar-refractivity contribution in [3.8, 4) is 0 Å². The number of carbonyl (C=O) groups is 1. The number of hydrogen-bond donors (Lipinski definition) is 3. The topological polar surface area (TPSA) is 65.5 Å². The molecule has 1 aliphatic carbocycles. The van der Waals surface area contributed by atoms with E-state index in [9.17, 15) is 4.79 Å². The molecule has 1 saturated carbocycles. The normalized spacial score (nSPS) is 15.8. The summed E-state index contributed by atoms with van der Waals surface area (Å²) in [6, 6.07) is 5.85. The molecule has 0 aromatic heterocycles. The number of rotatable bonds is 7. The Kier molecular flexibility index (Phi) is 7.18.